The topological polar surface area (TPSA) is 105 Å². The third-order valence-electron chi connectivity index (χ3n) is 7.08. The van der Waals surface area contributed by atoms with E-state index in [1.165, 1.54) is 22.1 Å². The molecule has 0 unspecified atom stereocenters. The molecule has 1 aliphatic heterocycles. The van der Waals surface area contributed by atoms with E-state index in [0.717, 1.165) is 29.7 Å². The molecule has 2 aliphatic rings. The molecular weight excluding hydrogens is 484 g/mol. The van der Waals surface area contributed by atoms with E-state index in [4.69, 9.17) is 4.52 Å². The van der Waals surface area contributed by atoms with Gasteiger partial charge in [0.15, 0.2) is 0 Å². The number of benzene rings is 1. The monoisotopic (exact) mass is 514 g/mol. The highest BCUT2D eigenvalue weighted by Crippen LogP contribution is 2.38. The van der Waals surface area contributed by atoms with Crippen LogP contribution >= 0.6 is 11.3 Å². The van der Waals surface area contributed by atoms with Crippen molar-refractivity contribution >= 4 is 33.0 Å². The van der Waals surface area contributed by atoms with E-state index in [9.17, 15) is 13.2 Å². The van der Waals surface area contributed by atoms with Gasteiger partial charge in [0.05, 0.1) is 9.77 Å². The molecule has 0 spiro atoms. The predicted octanol–water partition coefficient (Wildman–Crippen LogP) is 5.03. The van der Waals surface area contributed by atoms with Gasteiger partial charge in [-0.15, -0.1) is 11.3 Å². The molecule has 1 aromatic carbocycles. The summed E-state index contributed by atoms with van der Waals surface area (Å²) in [5, 5.41) is 7.11. The molecule has 3 heterocycles. The van der Waals surface area contributed by atoms with E-state index >= 15 is 0 Å². The third kappa shape index (κ3) is 4.79. The number of carbonyl (C=O) groups is 1. The van der Waals surface area contributed by atoms with Crippen LogP contribution in [0.4, 0.5) is 5.69 Å². The molecule has 1 aliphatic carbocycles. The van der Waals surface area contributed by atoms with Crippen LogP contribution in [0.1, 0.15) is 59.9 Å². The Morgan fingerprint density at radius 2 is 1.86 bits per heavy atom. The first kappa shape index (κ1) is 24.1. The van der Waals surface area contributed by atoms with Crippen molar-refractivity contribution in [2.45, 2.75) is 63.7 Å². The zero-order valence-corrected chi connectivity index (χ0v) is 21.8. The maximum Gasteiger partial charge on any atom is 0.244 e. The molecule has 5 rings (SSSR count). The van der Waals surface area contributed by atoms with E-state index in [1.807, 2.05) is 32.0 Å². The Kier molecular flexibility index (Phi) is 6.54. The van der Waals surface area contributed by atoms with Crippen molar-refractivity contribution in [3.8, 4) is 10.7 Å². The Morgan fingerprint density at radius 1 is 1.11 bits per heavy atom. The Balaban J connectivity index is 1.25. The zero-order chi connectivity index (χ0) is 24.7. The lowest BCUT2D eigenvalue weighted by Crippen LogP contribution is -2.41. The molecule has 35 heavy (non-hydrogen) atoms. The number of piperidine rings is 1. The van der Waals surface area contributed by atoms with Crippen LogP contribution in [0.5, 0.6) is 0 Å². The van der Waals surface area contributed by atoms with Crippen molar-refractivity contribution in [3.05, 3.63) is 46.2 Å². The average Bonchev–Trinajstić information content (AvgIpc) is 3.42. The summed E-state index contributed by atoms with van der Waals surface area (Å²) in [7, 11) is -3.68. The van der Waals surface area contributed by atoms with Gasteiger partial charge in [-0.3, -0.25) is 4.79 Å². The molecule has 1 N–H and O–H groups in total. The quantitative estimate of drug-likeness (QED) is 0.495. The van der Waals surface area contributed by atoms with Gasteiger partial charge in [-0.25, -0.2) is 8.42 Å². The number of amides is 1. The smallest absolute Gasteiger partial charge is 0.244 e. The predicted molar refractivity (Wildman–Crippen MR) is 135 cm³/mol. The van der Waals surface area contributed by atoms with Crippen LogP contribution in [-0.4, -0.2) is 41.9 Å². The Morgan fingerprint density at radius 3 is 2.54 bits per heavy atom. The number of sulfonamides is 1. The van der Waals surface area contributed by atoms with Crippen molar-refractivity contribution in [2.75, 3.05) is 18.4 Å². The fourth-order valence-corrected chi connectivity index (χ4v) is 7.55. The Hall–Kier alpha value is -2.56. The maximum absolute atomic E-state index is 13.4. The van der Waals surface area contributed by atoms with Crippen molar-refractivity contribution in [3.63, 3.8) is 0 Å². The molecule has 0 bridgehead atoms. The summed E-state index contributed by atoms with van der Waals surface area (Å²) in [6.07, 6.45) is 4.27. The summed E-state index contributed by atoms with van der Waals surface area (Å²) >= 11 is 1.36. The van der Waals surface area contributed by atoms with Crippen molar-refractivity contribution in [1.82, 2.24) is 14.4 Å². The number of thiophene rings is 1. The van der Waals surface area contributed by atoms with Crippen molar-refractivity contribution in [2.24, 2.45) is 5.92 Å². The second-order valence-electron chi connectivity index (χ2n) is 9.60. The van der Waals surface area contributed by atoms with E-state index < -0.39 is 10.0 Å². The number of aryl methyl sites for hydroxylation is 3. The van der Waals surface area contributed by atoms with Crippen molar-refractivity contribution < 1.29 is 17.7 Å². The molecule has 0 atom stereocenters. The van der Waals surface area contributed by atoms with E-state index in [1.54, 1.807) is 13.0 Å². The van der Waals surface area contributed by atoms with Gasteiger partial charge in [0.25, 0.3) is 0 Å². The first-order valence-electron chi connectivity index (χ1n) is 12.0. The number of anilines is 1. The number of hydrogen-bond donors (Lipinski definition) is 1. The second kappa shape index (κ2) is 9.48. The van der Waals surface area contributed by atoms with Gasteiger partial charge < -0.3 is 9.84 Å². The fraction of sp³-hybridized carbons (Fsp3) is 0.480. The van der Waals surface area contributed by atoms with Crippen LogP contribution in [0.25, 0.3) is 10.7 Å². The molecular formula is C25H30N4O4S2. The summed E-state index contributed by atoms with van der Waals surface area (Å²) in [5.41, 5.74) is 2.90. The molecule has 1 saturated carbocycles. The SMILES string of the molecule is Cc1ccc(C)c(NC(=O)C2CCN(S(=O)(=O)c3cc(-c4noc(C5CCC5)n4)sc3C)CC2)c1. The van der Waals surface area contributed by atoms with Crippen LogP contribution in [0.2, 0.25) is 0 Å². The number of nitrogens with zero attached hydrogens (tertiary/aromatic N) is 3. The van der Waals surface area contributed by atoms with Crippen LogP contribution < -0.4 is 5.32 Å². The molecule has 3 aromatic rings. The minimum atomic E-state index is -3.68. The normalized spacial score (nSPS) is 17.9. The largest absolute Gasteiger partial charge is 0.339 e. The minimum absolute atomic E-state index is 0.0517. The van der Waals surface area contributed by atoms with E-state index in [0.29, 0.717) is 53.3 Å². The van der Waals surface area contributed by atoms with Crippen LogP contribution in [0.3, 0.4) is 0 Å². The van der Waals surface area contributed by atoms with Gasteiger partial charge in [-0.05, 0) is 69.7 Å². The van der Waals surface area contributed by atoms with Gasteiger partial charge in [0, 0.05) is 35.5 Å². The summed E-state index contributed by atoms with van der Waals surface area (Å²) in [6.45, 7) is 6.38. The maximum atomic E-state index is 13.4. The molecule has 1 saturated heterocycles. The summed E-state index contributed by atoms with van der Waals surface area (Å²) in [6, 6.07) is 7.62. The van der Waals surface area contributed by atoms with Gasteiger partial charge in [-0.2, -0.15) is 9.29 Å². The number of nitrogens with one attached hydrogen (secondary N) is 1. The third-order valence-corrected chi connectivity index (χ3v) is 10.3. The molecule has 2 fully saturated rings. The number of aromatic nitrogens is 2. The van der Waals surface area contributed by atoms with Crippen molar-refractivity contribution in [1.29, 1.82) is 0 Å². The molecule has 10 heteroatoms. The van der Waals surface area contributed by atoms with Crippen LogP contribution in [0.15, 0.2) is 33.7 Å². The minimum Gasteiger partial charge on any atom is -0.339 e. The van der Waals surface area contributed by atoms with Gasteiger partial charge in [0.1, 0.15) is 0 Å². The first-order valence-corrected chi connectivity index (χ1v) is 14.3. The highest BCUT2D eigenvalue weighted by Gasteiger charge is 2.34. The average molecular weight is 515 g/mol. The zero-order valence-electron chi connectivity index (χ0n) is 20.2. The number of rotatable bonds is 6. The molecule has 186 valence electrons. The van der Waals surface area contributed by atoms with Gasteiger partial charge in [0.2, 0.25) is 27.6 Å². The van der Waals surface area contributed by atoms with Gasteiger partial charge in [-0.1, -0.05) is 23.7 Å². The summed E-state index contributed by atoms with van der Waals surface area (Å²) < 4.78 is 33.8. The van der Waals surface area contributed by atoms with Gasteiger partial charge >= 0.3 is 0 Å². The molecule has 2 aromatic heterocycles. The highest BCUT2D eigenvalue weighted by atomic mass is 32.2. The van der Waals surface area contributed by atoms with Crippen LogP contribution in [0, 0.1) is 26.7 Å². The molecule has 1 amide bonds. The molecule has 8 nitrogen and oxygen atoms in total. The fourth-order valence-electron chi connectivity index (χ4n) is 4.59. The summed E-state index contributed by atoms with van der Waals surface area (Å²) in [5.74, 6) is 1.15. The summed E-state index contributed by atoms with van der Waals surface area (Å²) in [4.78, 5) is 19.0. The van der Waals surface area contributed by atoms with E-state index in [-0.39, 0.29) is 16.7 Å². The number of hydrogen-bond acceptors (Lipinski definition) is 7. The van der Waals surface area contributed by atoms with E-state index in [2.05, 4.69) is 15.5 Å². The Labute approximate surface area is 209 Å². The lowest BCUT2D eigenvalue weighted by Gasteiger charge is -2.30. The second-order valence-corrected chi connectivity index (χ2v) is 12.8. The van der Waals surface area contributed by atoms with Crippen LogP contribution in [-0.2, 0) is 14.8 Å². The molecule has 0 radical (unpaired) electrons. The standard InChI is InChI=1S/C25H30N4O4S2/c1-15-7-8-16(2)20(13-15)26-24(30)18-9-11-29(12-10-18)35(31,32)22-14-21(34-17(22)3)23-27-25(33-28-23)19-5-4-6-19/h7-8,13-14,18-19H,4-6,9-12H2,1-3H3,(H,26,30). The number of carbonyl (C=O) groups excluding carboxylic acids is 1. The lowest BCUT2D eigenvalue weighted by atomic mass is 9.85. The first-order chi connectivity index (χ1) is 16.7. The highest BCUT2D eigenvalue weighted by molar-refractivity contribution is 7.89. The lowest BCUT2D eigenvalue weighted by molar-refractivity contribution is -0.120. The Bertz CT molecular complexity index is 1350.